The number of hydrogen-bond donors (Lipinski definition) is 1. The molecule has 9 heteroatoms. The van der Waals surface area contributed by atoms with E-state index in [0.29, 0.717) is 24.0 Å². The zero-order valence-corrected chi connectivity index (χ0v) is 19.3. The summed E-state index contributed by atoms with van der Waals surface area (Å²) in [6.45, 7) is 0.398. The fourth-order valence-electron chi connectivity index (χ4n) is 4.00. The van der Waals surface area contributed by atoms with Crippen molar-refractivity contribution in [2.75, 3.05) is 5.32 Å². The second-order valence-corrected chi connectivity index (χ2v) is 9.87. The van der Waals surface area contributed by atoms with Gasteiger partial charge < -0.3 is 9.84 Å². The monoisotopic (exact) mass is 472 g/mol. The van der Waals surface area contributed by atoms with Gasteiger partial charge >= 0.3 is 0 Å². The van der Waals surface area contributed by atoms with Gasteiger partial charge in [-0.05, 0) is 49.1 Å². The van der Waals surface area contributed by atoms with Crippen LogP contribution in [0.15, 0.2) is 64.3 Å². The molecule has 1 N–H and O–H groups in total. The number of pyridine rings is 1. The molecule has 164 valence electrons. The summed E-state index contributed by atoms with van der Waals surface area (Å²) in [6, 6.07) is 14.1. The fourth-order valence-corrected chi connectivity index (χ4v) is 6.05. The summed E-state index contributed by atoms with van der Waals surface area (Å²) >= 11 is 3.54. The average Bonchev–Trinajstić information content (AvgIpc) is 3.59. The minimum Gasteiger partial charge on any atom is -0.360 e. The highest BCUT2D eigenvalue weighted by Crippen LogP contribution is 2.40. The number of thioether (sulfide) groups is 1. The van der Waals surface area contributed by atoms with Crippen LogP contribution in [0.3, 0.4) is 0 Å². The number of aryl methyl sites for hydroxylation is 2. The highest BCUT2D eigenvalue weighted by molar-refractivity contribution is 7.98. The summed E-state index contributed by atoms with van der Waals surface area (Å²) in [5.74, 6) is 3.42. The SMILES string of the molecule is c1ccc(SCc2nc(NCc3nc(-c4cccnc4)no3)c3c4c(sc3n2)CCC4)cc1. The highest BCUT2D eigenvalue weighted by atomic mass is 32.2. The number of thiophene rings is 1. The Bertz CT molecular complexity index is 1400. The number of nitrogens with zero attached hydrogens (tertiary/aromatic N) is 5. The van der Waals surface area contributed by atoms with E-state index in [4.69, 9.17) is 14.5 Å². The molecule has 0 amide bonds. The Morgan fingerprint density at radius 1 is 1.03 bits per heavy atom. The molecule has 33 heavy (non-hydrogen) atoms. The van der Waals surface area contributed by atoms with E-state index in [1.54, 1.807) is 35.5 Å². The van der Waals surface area contributed by atoms with E-state index >= 15 is 0 Å². The molecule has 1 aromatic carbocycles. The molecular formula is C24H20N6OS2. The summed E-state index contributed by atoms with van der Waals surface area (Å²) in [5.41, 5.74) is 2.22. The zero-order chi connectivity index (χ0) is 22.0. The van der Waals surface area contributed by atoms with Crippen molar-refractivity contribution in [3.63, 3.8) is 0 Å². The smallest absolute Gasteiger partial charge is 0.246 e. The molecule has 0 aliphatic heterocycles. The van der Waals surface area contributed by atoms with Gasteiger partial charge in [0.25, 0.3) is 0 Å². The Balaban J connectivity index is 1.27. The van der Waals surface area contributed by atoms with E-state index < -0.39 is 0 Å². The molecule has 0 unspecified atom stereocenters. The molecule has 1 aliphatic rings. The number of aromatic nitrogens is 5. The maximum Gasteiger partial charge on any atom is 0.246 e. The number of benzene rings is 1. The molecule has 0 radical (unpaired) electrons. The molecule has 7 nitrogen and oxygen atoms in total. The maximum atomic E-state index is 5.47. The van der Waals surface area contributed by atoms with Crippen LogP contribution in [0, 0.1) is 0 Å². The van der Waals surface area contributed by atoms with Gasteiger partial charge in [0, 0.05) is 27.7 Å². The molecule has 6 rings (SSSR count). The second kappa shape index (κ2) is 8.92. The zero-order valence-electron chi connectivity index (χ0n) is 17.7. The van der Waals surface area contributed by atoms with Gasteiger partial charge in [-0.2, -0.15) is 4.98 Å². The van der Waals surface area contributed by atoms with Crippen LogP contribution < -0.4 is 5.32 Å². The third-order valence-electron chi connectivity index (χ3n) is 5.52. The van der Waals surface area contributed by atoms with Crippen molar-refractivity contribution in [1.82, 2.24) is 25.1 Å². The second-order valence-electron chi connectivity index (χ2n) is 7.73. The minimum atomic E-state index is 0.398. The summed E-state index contributed by atoms with van der Waals surface area (Å²) in [6.07, 6.45) is 6.85. The van der Waals surface area contributed by atoms with Crippen LogP contribution in [0.4, 0.5) is 5.82 Å². The molecule has 1 aliphatic carbocycles. The lowest BCUT2D eigenvalue weighted by Gasteiger charge is -2.09. The third kappa shape index (κ3) is 4.21. The largest absolute Gasteiger partial charge is 0.360 e. The number of nitrogens with one attached hydrogen (secondary N) is 1. The minimum absolute atomic E-state index is 0.398. The number of rotatable bonds is 7. The predicted molar refractivity (Wildman–Crippen MR) is 130 cm³/mol. The Morgan fingerprint density at radius 2 is 1.97 bits per heavy atom. The van der Waals surface area contributed by atoms with Crippen LogP contribution >= 0.6 is 23.1 Å². The Labute approximate surface area is 198 Å². The van der Waals surface area contributed by atoms with Crippen molar-refractivity contribution in [1.29, 1.82) is 0 Å². The van der Waals surface area contributed by atoms with Gasteiger partial charge in [-0.1, -0.05) is 23.4 Å². The molecular weight excluding hydrogens is 452 g/mol. The Morgan fingerprint density at radius 3 is 2.85 bits per heavy atom. The Kier molecular flexibility index (Phi) is 5.49. The first-order chi connectivity index (χ1) is 16.3. The third-order valence-corrected chi connectivity index (χ3v) is 7.71. The van der Waals surface area contributed by atoms with E-state index in [9.17, 15) is 0 Å². The molecule has 0 bridgehead atoms. The number of fused-ring (bicyclic) bond motifs is 3. The van der Waals surface area contributed by atoms with Crippen LogP contribution in [0.1, 0.15) is 28.6 Å². The van der Waals surface area contributed by atoms with Crippen molar-refractivity contribution < 1.29 is 4.52 Å². The molecule has 0 saturated heterocycles. The summed E-state index contributed by atoms with van der Waals surface area (Å²) in [5, 5.41) is 8.69. The molecule has 4 heterocycles. The van der Waals surface area contributed by atoms with E-state index in [1.807, 2.05) is 30.3 Å². The Hall–Kier alpha value is -3.30. The molecule has 0 fully saturated rings. The fraction of sp³-hybridized carbons (Fsp3) is 0.208. The van der Waals surface area contributed by atoms with Crippen molar-refractivity contribution in [3.05, 3.63) is 77.0 Å². The normalized spacial score (nSPS) is 12.8. The highest BCUT2D eigenvalue weighted by Gasteiger charge is 2.23. The lowest BCUT2D eigenvalue weighted by molar-refractivity contribution is 0.384. The number of hydrogen-bond acceptors (Lipinski definition) is 9. The van der Waals surface area contributed by atoms with Crippen molar-refractivity contribution >= 4 is 39.1 Å². The van der Waals surface area contributed by atoms with Gasteiger partial charge in [-0.15, -0.1) is 23.1 Å². The first-order valence-electron chi connectivity index (χ1n) is 10.8. The first-order valence-corrected chi connectivity index (χ1v) is 12.6. The van der Waals surface area contributed by atoms with Gasteiger partial charge in [0.1, 0.15) is 16.5 Å². The van der Waals surface area contributed by atoms with Crippen molar-refractivity contribution in [3.8, 4) is 11.4 Å². The standard InChI is InChI=1S/C24H20N6OS2/c1-2-7-16(8-3-1)32-14-19-27-23(21-17-9-4-10-18(17)33-24(21)28-19)26-13-20-29-22(30-31-20)15-6-5-11-25-12-15/h1-3,5-8,11-12H,4,9-10,13-14H2,(H,26,27,28). The van der Waals surface area contributed by atoms with Crippen LogP contribution in [0.25, 0.3) is 21.6 Å². The average molecular weight is 473 g/mol. The molecule has 0 atom stereocenters. The molecule has 5 aromatic rings. The number of anilines is 1. The lowest BCUT2D eigenvalue weighted by atomic mass is 10.2. The quantitative estimate of drug-likeness (QED) is 0.309. The van der Waals surface area contributed by atoms with E-state index in [1.165, 1.54) is 21.8 Å². The maximum absolute atomic E-state index is 5.47. The van der Waals surface area contributed by atoms with E-state index in [-0.39, 0.29) is 0 Å². The lowest BCUT2D eigenvalue weighted by Crippen LogP contribution is -2.05. The van der Waals surface area contributed by atoms with Gasteiger partial charge in [-0.25, -0.2) is 9.97 Å². The van der Waals surface area contributed by atoms with Gasteiger partial charge in [0.2, 0.25) is 11.7 Å². The predicted octanol–water partition coefficient (Wildman–Crippen LogP) is 5.53. The topological polar surface area (TPSA) is 89.6 Å². The van der Waals surface area contributed by atoms with Crippen LogP contribution in [0.2, 0.25) is 0 Å². The van der Waals surface area contributed by atoms with Crippen LogP contribution in [-0.4, -0.2) is 25.1 Å². The molecule has 4 aromatic heterocycles. The first kappa shape index (κ1) is 20.3. The summed E-state index contributed by atoms with van der Waals surface area (Å²) < 4.78 is 5.47. The van der Waals surface area contributed by atoms with Gasteiger partial charge in [-0.3, -0.25) is 4.98 Å². The van der Waals surface area contributed by atoms with Crippen molar-refractivity contribution in [2.45, 2.75) is 36.5 Å². The molecule has 0 spiro atoms. The van der Waals surface area contributed by atoms with E-state index in [0.717, 1.165) is 40.3 Å². The summed E-state index contributed by atoms with van der Waals surface area (Å²) in [7, 11) is 0. The molecule has 0 saturated carbocycles. The van der Waals surface area contributed by atoms with Crippen molar-refractivity contribution in [2.24, 2.45) is 0 Å². The summed E-state index contributed by atoms with van der Waals surface area (Å²) in [4.78, 5) is 22.1. The van der Waals surface area contributed by atoms with Gasteiger partial charge in [0.05, 0.1) is 17.7 Å². The van der Waals surface area contributed by atoms with Crippen LogP contribution in [0.5, 0.6) is 0 Å². The van der Waals surface area contributed by atoms with E-state index in [2.05, 4.69) is 32.6 Å². The van der Waals surface area contributed by atoms with Crippen LogP contribution in [-0.2, 0) is 25.1 Å². The van der Waals surface area contributed by atoms with Gasteiger partial charge in [0.15, 0.2) is 0 Å².